The van der Waals surface area contributed by atoms with Gasteiger partial charge in [-0.1, -0.05) is 25.4 Å². The number of hydrogen-bond acceptors (Lipinski definition) is 4. The van der Waals surface area contributed by atoms with Gasteiger partial charge < -0.3 is 14.3 Å². The third-order valence-electron chi connectivity index (χ3n) is 2.97. The number of rotatable bonds is 4. The van der Waals surface area contributed by atoms with Crippen LogP contribution >= 0.6 is 11.6 Å². The lowest BCUT2D eigenvalue weighted by Crippen LogP contribution is -2.18. The average molecular weight is 272 g/mol. The van der Waals surface area contributed by atoms with Crippen molar-refractivity contribution in [1.29, 1.82) is 0 Å². The van der Waals surface area contributed by atoms with Crippen LogP contribution in [0.25, 0.3) is 0 Å². The van der Waals surface area contributed by atoms with Crippen LogP contribution in [-0.2, 0) is 11.3 Å². The largest absolute Gasteiger partial charge is 0.486 e. The highest BCUT2D eigenvalue weighted by Gasteiger charge is 2.23. The molecule has 18 heavy (non-hydrogen) atoms. The van der Waals surface area contributed by atoms with E-state index in [9.17, 15) is 0 Å². The van der Waals surface area contributed by atoms with Gasteiger partial charge in [-0.2, -0.15) is 0 Å². The fourth-order valence-electron chi connectivity index (χ4n) is 2.24. The average Bonchev–Trinajstić information content (AvgIpc) is 2.35. The van der Waals surface area contributed by atoms with Crippen LogP contribution in [0.1, 0.15) is 30.9 Å². The molecule has 0 saturated carbocycles. The van der Waals surface area contributed by atoms with Crippen molar-refractivity contribution in [2.75, 3.05) is 19.8 Å². The summed E-state index contributed by atoms with van der Waals surface area (Å²) in [4.78, 5) is 4.65. The Morgan fingerprint density at radius 3 is 2.78 bits per heavy atom. The molecule has 0 amide bonds. The molecule has 0 saturated heterocycles. The summed E-state index contributed by atoms with van der Waals surface area (Å²) >= 11 is 6.31. The molecule has 0 atom stereocenters. The van der Waals surface area contributed by atoms with Crippen molar-refractivity contribution in [2.24, 2.45) is 5.90 Å². The van der Waals surface area contributed by atoms with E-state index in [-0.39, 0.29) is 0 Å². The summed E-state index contributed by atoms with van der Waals surface area (Å²) in [5.41, 5.74) is 2.12. The standard InChI is InChI=1S/C13H18ClNO3/c1-8(2)12-9(3-4-18-15)10(14)7-11-13(12)17-6-5-16-11/h7-8H,3-6,15H2,1-2H3. The van der Waals surface area contributed by atoms with Gasteiger partial charge in [-0.05, 0) is 17.9 Å². The lowest BCUT2D eigenvalue weighted by molar-refractivity contribution is 0.140. The van der Waals surface area contributed by atoms with Crippen molar-refractivity contribution in [2.45, 2.75) is 26.2 Å². The van der Waals surface area contributed by atoms with Crippen LogP contribution < -0.4 is 15.4 Å². The number of benzene rings is 1. The maximum absolute atomic E-state index is 6.31. The molecular weight excluding hydrogens is 254 g/mol. The van der Waals surface area contributed by atoms with E-state index in [2.05, 4.69) is 18.7 Å². The molecule has 0 aromatic heterocycles. The second-order valence-electron chi connectivity index (χ2n) is 4.55. The van der Waals surface area contributed by atoms with E-state index in [1.807, 2.05) is 6.07 Å². The van der Waals surface area contributed by atoms with Gasteiger partial charge in [0.15, 0.2) is 11.5 Å². The van der Waals surface area contributed by atoms with Crippen molar-refractivity contribution in [3.05, 3.63) is 22.2 Å². The molecule has 2 rings (SSSR count). The monoisotopic (exact) mass is 271 g/mol. The van der Waals surface area contributed by atoms with E-state index in [4.69, 9.17) is 27.0 Å². The van der Waals surface area contributed by atoms with E-state index in [1.54, 1.807) is 0 Å². The maximum Gasteiger partial charge on any atom is 0.165 e. The highest BCUT2D eigenvalue weighted by molar-refractivity contribution is 6.31. The Morgan fingerprint density at radius 1 is 1.39 bits per heavy atom. The van der Waals surface area contributed by atoms with Gasteiger partial charge in [-0.25, -0.2) is 5.90 Å². The summed E-state index contributed by atoms with van der Waals surface area (Å²) in [6.07, 6.45) is 0.666. The quantitative estimate of drug-likeness (QED) is 0.856. The number of ether oxygens (including phenoxy) is 2. The van der Waals surface area contributed by atoms with E-state index in [1.165, 1.54) is 0 Å². The minimum Gasteiger partial charge on any atom is -0.486 e. The topological polar surface area (TPSA) is 53.7 Å². The van der Waals surface area contributed by atoms with Crippen molar-refractivity contribution in [3.63, 3.8) is 0 Å². The normalized spacial score (nSPS) is 14.1. The Hall–Kier alpha value is -0.970. The second kappa shape index (κ2) is 5.78. The van der Waals surface area contributed by atoms with Crippen LogP contribution in [0.3, 0.4) is 0 Å². The van der Waals surface area contributed by atoms with Crippen molar-refractivity contribution in [1.82, 2.24) is 0 Å². The van der Waals surface area contributed by atoms with E-state index >= 15 is 0 Å². The van der Waals surface area contributed by atoms with E-state index in [0.29, 0.717) is 37.2 Å². The predicted molar refractivity (Wildman–Crippen MR) is 70.4 cm³/mol. The number of hydrogen-bond donors (Lipinski definition) is 1. The molecular formula is C13H18ClNO3. The molecule has 1 heterocycles. The lowest BCUT2D eigenvalue weighted by atomic mass is 9.93. The zero-order chi connectivity index (χ0) is 13.1. The van der Waals surface area contributed by atoms with Crippen LogP contribution in [0.15, 0.2) is 6.07 Å². The lowest BCUT2D eigenvalue weighted by Gasteiger charge is -2.25. The molecule has 0 radical (unpaired) electrons. The van der Waals surface area contributed by atoms with Crippen molar-refractivity contribution in [3.8, 4) is 11.5 Å². The van der Waals surface area contributed by atoms with Crippen LogP contribution in [-0.4, -0.2) is 19.8 Å². The summed E-state index contributed by atoms with van der Waals surface area (Å²) in [6.45, 7) is 5.78. The van der Waals surface area contributed by atoms with Gasteiger partial charge in [-0.3, -0.25) is 0 Å². The molecule has 4 nitrogen and oxygen atoms in total. The van der Waals surface area contributed by atoms with Gasteiger partial charge in [0, 0.05) is 16.7 Å². The Labute approximate surface area is 112 Å². The molecule has 0 aliphatic carbocycles. The molecule has 5 heteroatoms. The van der Waals surface area contributed by atoms with Crippen LogP contribution in [0.4, 0.5) is 0 Å². The Balaban J connectivity index is 2.50. The Bertz CT molecular complexity index is 435. The van der Waals surface area contributed by atoms with Crippen molar-refractivity contribution < 1.29 is 14.3 Å². The molecule has 1 aromatic rings. The zero-order valence-corrected chi connectivity index (χ0v) is 11.4. The Morgan fingerprint density at radius 2 is 2.11 bits per heavy atom. The molecule has 1 aromatic carbocycles. The van der Waals surface area contributed by atoms with E-state index in [0.717, 1.165) is 22.6 Å². The third-order valence-corrected chi connectivity index (χ3v) is 3.31. The predicted octanol–water partition coefficient (Wildman–Crippen LogP) is 2.67. The number of fused-ring (bicyclic) bond motifs is 1. The van der Waals surface area contributed by atoms with E-state index < -0.39 is 0 Å². The molecule has 0 fully saturated rings. The maximum atomic E-state index is 6.31. The molecule has 1 aliphatic heterocycles. The first kappa shape index (κ1) is 13.5. The van der Waals surface area contributed by atoms with Gasteiger partial charge in [0.1, 0.15) is 13.2 Å². The van der Waals surface area contributed by atoms with Gasteiger partial charge in [0.05, 0.1) is 6.61 Å². The first-order valence-corrected chi connectivity index (χ1v) is 6.45. The number of halogens is 1. The van der Waals surface area contributed by atoms with Crippen molar-refractivity contribution >= 4 is 11.6 Å². The number of nitrogens with two attached hydrogens (primary N) is 1. The fourth-order valence-corrected chi connectivity index (χ4v) is 2.54. The van der Waals surface area contributed by atoms with Gasteiger partial charge in [-0.15, -0.1) is 0 Å². The smallest absolute Gasteiger partial charge is 0.165 e. The summed E-state index contributed by atoms with van der Waals surface area (Å²) in [5.74, 6) is 6.93. The van der Waals surface area contributed by atoms with Gasteiger partial charge in [0.2, 0.25) is 0 Å². The molecule has 0 bridgehead atoms. The summed E-state index contributed by atoms with van der Waals surface area (Å²) in [7, 11) is 0. The molecule has 0 spiro atoms. The van der Waals surface area contributed by atoms with Gasteiger partial charge >= 0.3 is 0 Å². The molecule has 1 aliphatic rings. The summed E-state index contributed by atoms with van der Waals surface area (Å²) in [6, 6.07) is 1.81. The molecule has 100 valence electrons. The molecule has 0 unspecified atom stereocenters. The molecule has 2 N–H and O–H groups in total. The van der Waals surface area contributed by atoms with Crippen LogP contribution in [0.5, 0.6) is 11.5 Å². The minimum atomic E-state index is 0.298. The SMILES string of the molecule is CC(C)c1c(CCON)c(Cl)cc2c1OCCO2. The fraction of sp³-hybridized carbons (Fsp3) is 0.538. The second-order valence-corrected chi connectivity index (χ2v) is 4.96. The minimum absolute atomic E-state index is 0.298. The summed E-state index contributed by atoms with van der Waals surface area (Å²) in [5, 5.41) is 0.681. The summed E-state index contributed by atoms with van der Waals surface area (Å²) < 4.78 is 11.3. The Kier molecular flexibility index (Phi) is 4.32. The first-order chi connectivity index (χ1) is 8.65. The highest BCUT2D eigenvalue weighted by atomic mass is 35.5. The zero-order valence-electron chi connectivity index (χ0n) is 10.7. The highest BCUT2D eigenvalue weighted by Crippen LogP contribution is 2.43. The van der Waals surface area contributed by atoms with Gasteiger partial charge in [0.25, 0.3) is 0 Å². The van der Waals surface area contributed by atoms with Crippen LogP contribution in [0, 0.1) is 0 Å². The third kappa shape index (κ3) is 2.55. The van der Waals surface area contributed by atoms with Crippen LogP contribution in [0.2, 0.25) is 5.02 Å². The first-order valence-electron chi connectivity index (χ1n) is 6.07.